The van der Waals surface area contributed by atoms with Crippen LogP contribution in [0.15, 0.2) is 30.3 Å². The maximum Gasteiger partial charge on any atom is 0.120 e. The number of aromatic nitrogens is 1. The van der Waals surface area contributed by atoms with Crippen molar-refractivity contribution >= 4 is 10.9 Å². The number of pyridine rings is 1. The van der Waals surface area contributed by atoms with E-state index < -0.39 is 6.10 Å². The first-order chi connectivity index (χ1) is 11.3. The minimum atomic E-state index is -0.539. The highest BCUT2D eigenvalue weighted by atomic mass is 16.5. The number of hydrogen-bond donors (Lipinski definition) is 1. The molecule has 1 N–H and O–H groups in total. The van der Waals surface area contributed by atoms with E-state index in [1.807, 2.05) is 24.3 Å². The zero-order valence-electron chi connectivity index (χ0n) is 15.2. The van der Waals surface area contributed by atoms with Gasteiger partial charge >= 0.3 is 0 Å². The number of nitrogens with zero attached hydrogens (tertiary/aromatic N) is 1. The van der Waals surface area contributed by atoms with Crippen LogP contribution in [0.2, 0.25) is 0 Å². The Morgan fingerprint density at radius 3 is 2.42 bits per heavy atom. The van der Waals surface area contributed by atoms with Gasteiger partial charge in [-0.05, 0) is 68.2 Å². The van der Waals surface area contributed by atoms with Crippen LogP contribution in [0.5, 0.6) is 5.75 Å². The lowest BCUT2D eigenvalue weighted by molar-refractivity contribution is 0.0883. The molecule has 1 saturated carbocycles. The summed E-state index contributed by atoms with van der Waals surface area (Å²) < 4.78 is 6.22. The Balaban J connectivity index is 1.67. The van der Waals surface area contributed by atoms with Crippen LogP contribution >= 0.6 is 0 Å². The van der Waals surface area contributed by atoms with Crippen LogP contribution in [-0.2, 0) is 0 Å². The monoisotopic (exact) mass is 327 g/mol. The Hall–Kier alpha value is -1.61. The Kier molecular flexibility index (Phi) is 4.82. The Labute approximate surface area is 145 Å². The summed E-state index contributed by atoms with van der Waals surface area (Å²) in [5.74, 6) is 1.73. The van der Waals surface area contributed by atoms with E-state index in [9.17, 15) is 5.11 Å². The lowest BCUT2D eigenvalue weighted by atomic mass is 9.72. The van der Waals surface area contributed by atoms with Crippen molar-refractivity contribution < 1.29 is 9.84 Å². The van der Waals surface area contributed by atoms with Crippen molar-refractivity contribution in [2.24, 2.45) is 11.3 Å². The molecule has 1 atom stereocenters. The topological polar surface area (TPSA) is 42.4 Å². The van der Waals surface area contributed by atoms with Crippen molar-refractivity contribution in [1.29, 1.82) is 0 Å². The predicted molar refractivity (Wildman–Crippen MR) is 98.2 cm³/mol. The van der Waals surface area contributed by atoms with Crippen molar-refractivity contribution in [1.82, 2.24) is 4.98 Å². The molecule has 1 heterocycles. The summed E-state index contributed by atoms with van der Waals surface area (Å²) in [6.45, 7) is 8.77. The number of ether oxygens (including phenoxy) is 1. The molecule has 1 aliphatic rings. The molecule has 1 fully saturated rings. The number of benzene rings is 1. The summed E-state index contributed by atoms with van der Waals surface area (Å²) in [6.07, 6.45) is 4.56. The summed E-state index contributed by atoms with van der Waals surface area (Å²) >= 11 is 0. The van der Waals surface area contributed by atoms with Gasteiger partial charge in [0, 0.05) is 5.39 Å². The van der Waals surface area contributed by atoms with E-state index in [0.29, 0.717) is 17.2 Å². The van der Waals surface area contributed by atoms with Crippen LogP contribution in [0, 0.1) is 11.3 Å². The molecule has 0 bridgehead atoms. The minimum absolute atomic E-state index is 0.325. The van der Waals surface area contributed by atoms with Crippen molar-refractivity contribution in [3.63, 3.8) is 0 Å². The van der Waals surface area contributed by atoms with Crippen molar-refractivity contribution in [3.05, 3.63) is 36.0 Å². The summed E-state index contributed by atoms with van der Waals surface area (Å²) in [5, 5.41) is 10.7. The summed E-state index contributed by atoms with van der Waals surface area (Å²) in [4.78, 5) is 4.49. The largest absolute Gasteiger partial charge is 0.490 e. The van der Waals surface area contributed by atoms with E-state index in [4.69, 9.17) is 4.74 Å². The van der Waals surface area contributed by atoms with Crippen LogP contribution < -0.4 is 4.74 Å². The van der Waals surface area contributed by atoms with Crippen molar-refractivity contribution in [2.75, 3.05) is 0 Å². The summed E-state index contributed by atoms with van der Waals surface area (Å²) in [5.41, 5.74) is 2.01. The van der Waals surface area contributed by atoms with Crippen LogP contribution in [0.25, 0.3) is 10.9 Å². The molecule has 0 amide bonds. The molecule has 3 rings (SSSR count). The second-order valence-corrected chi connectivity index (χ2v) is 8.22. The molecule has 0 spiro atoms. The summed E-state index contributed by atoms with van der Waals surface area (Å²) in [7, 11) is 0. The normalized spacial score (nSPS) is 23.2. The average molecular weight is 327 g/mol. The van der Waals surface area contributed by atoms with Gasteiger partial charge in [-0.1, -0.05) is 26.8 Å². The van der Waals surface area contributed by atoms with Crippen LogP contribution in [0.3, 0.4) is 0 Å². The molecule has 0 radical (unpaired) electrons. The van der Waals surface area contributed by atoms with Gasteiger partial charge in [0.2, 0.25) is 0 Å². The maximum absolute atomic E-state index is 9.65. The van der Waals surface area contributed by atoms with Gasteiger partial charge in [-0.2, -0.15) is 0 Å². The standard InChI is InChI=1S/C21H29NO2/c1-14(23)19-11-5-15-13-18(10-12-20(15)22-19)24-17-8-6-16(7-9-17)21(2,3)4/h5,10-14,16-17,23H,6-9H2,1-4H3. The van der Waals surface area contributed by atoms with E-state index in [1.165, 1.54) is 12.8 Å². The van der Waals surface area contributed by atoms with Gasteiger partial charge in [0.25, 0.3) is 0 Å². The number of aliphatic hydroxyl groups is 1. The third-order valence-electron chi connectivity index (χ3n) is 5.31. The highest BCUT2D eigenvalue weighted by Crippen LogP contribution is 2.38. The fourth-order valence-corrected chi connectivity index (χ4v) is 3.66. The van der Waals surface area contributed by atoms with Crippen molar-refractivity contribution in [2.45, 2.75) is 65.6 Å². The molecule has 3 heteroatoms. The molecule has 3 nitrogen and oxygen atoms in total. The number of rotatable bonds is 3. The second-order valence-electron chi connectivity index (χ2n) is 8.22. The first-order valence-corrected chi connectivity index (χ1v) is 9.08. The summed E-state index contributed by atoms with van der Waals surface area (Å²) in [6, 6.07) is 9.93. The molecule has 2 aromatic rings. The molecule has 0 saturated heterocycles. The third-order valence-corrected chi connectivity index (χ3v) is 5.31. The molecule has 24 heavy (non-hydrogen) atoms. The Morgan fingerprint density at radius 1 is 1.08 bits per heavy atom. The molecule has 130 valence electrons. The second kappa shape index (κ2) is 6.72. The van der Waals surface area contributed by atoms with Gasteiger partial charge in [0.15, 0.2) is 0 Å². The zero-order chi connectivity index (χ0) is 17.3. The van der Waals surface area contributed by atoms with Crippen LogP contribution in [0.4, 0.5) is 0 Å². The van der Waals surface area contributed by atoms with Crippen LogP contribution in [-0.4, -0.2) is 16.2 Å². The third kappa shape index (κ3) is 3.89. The van der Waals surface area contributed by atoms with Gasteiger partial charge in [0.05, 0.1) is 23.4 Å². The molecule has 1 aromatic heterocycles. The van der Waals surface area contributed by atoms with Gasteiger partial charge in [-0.15, -0.1) is 0 Å². The Morgan fingerprint density at radius 2 is 1.79 bits per heavy atom. The van der Waals surface area contributed by atoms with Crippen LogP contribution in [0.1, 0.15) is 65.2 Å². The van der Waals surface area contributed by atoms with Gasteiger partial charge < -0.3 is 9.84 Å². The fraction of sp³-hybridized carbons (Fsp3) is 0.571. The van der Waals surface area contributed by atoms with E-state index >= 15 is 0 Å². The average Bonchev–Trinajstić information content (AvgIpc) is 2.54. The van der Waals surface area contributed by atoms with E-state index in [1.54, 1.807) is 6.92 Å². The molecule has 1 aromatic carbocycles. The first-order valence-electron chi connectivity index (χ1n) is 9.08. The molecule has 1 aliphatic carbocycles. The highest BCUT2D eigenvalue weighted by molar-refractivity contribution is 5.80. The molecular formula is C21H29NO2. The Bertz CT molecular complexity index is 695. The quantitative estimate of drug-likeness (QED) is 0.835. The van der Waals surface area contributed by atoms with Crippen molar-refractivity contribution in [3.8, 4) is 5.75 Å². The SMILES string of the molecule is CC(O)c1ccc2cc(OC3CCC(C(C)(C)C)CC3)ccc2n1. The highest BCUT2D eigenvalue weighted by Gasteiger charge is 2.30. The minimum Gasteiger partial charge on any atom is -0.490 e. The van der Waals surface area contributed by atoms with Gasteiger partial charge in [-0.25, -0.2) is 0 Å². The van der Waals surface area contributed by atoms with Gasteiger partial charge in [-0.3, -0.25) is 4.98 Å². The predicted octanol–water partition coefficient (Wildman–Crippen LogP) is 5.27. The lowest BCUT2D eigenvalue weighted by Crippen LogP contribution is -2.30. The molecule has 1 unspecified atom stereocenters. The number of hydrogen-bond acceptors (Lipinski definition) is 3. The number of fused-ring (bicyclic) bond motifs is 1. The van der Waals surface area contributed by atoms with E-state index in [-0.39, 0.29) is 0 Å². The maximum atomic E-state index is 9.65. The van der Waals surface area contributed by atoms with E-state index in [0.717, 1.165) is 35.4 Å². The van der Waals surface area contributed by atoms with Gasteiger partial charge in [0.1, 0.15) is 5.75 Å². The smallest absolute Gasteiger partial charge is 0.120 e. The molecular weight excluding hydrogens is 298 g/mol. The zero-order valence-corrected chi connectivity index (χ0v) is 15.2. The van der Waals surface area contributed by atoms with E-state index in [2.05, 4.69) is 31.8 Å². The first kappa shape index (κ1) is 17.2. The molecule has 0 aliphatic heterocycles. The number of aliphatic hydroxyl groups excluding tert-OH is 1. The fourth-order valence-electron chi connectivity index (χ4n) is 3.66. The lowest BCUT2D eigenvalue weighted by Gasteiger charge is -2.36.